The van der Waals surface area contributed by atoms with Gasteiger partial charge in [0.15, 0.2) is 23.0 Å². The Kier molecular flexibility index (Phi) is 3.77. The zero-order valence-electron chi connectivity index (χ0n) is 33.2. The molecule has 0 N–H and O–H groups in total. The fourth-order valence-corrected chi connectivity index (χ4v) is 3.96. The van der Waals surface area contributed by atoms with E-state index in [4.69, 9.17) is 38.1 Å². The van der Waals surface area contributed by atoms with E-state index < -0.39 is 71.1 Å². The zero-order valence-corrected chi connectivity index (χ0v) is 19.2. The Morgan fingerprint density at radius 2 is 1.71 bits per heavy atom. The van der Waals surface area contributed by atoms with E-state index in [0.29, 0.717) is 10.5 Å². The van der Waals surface area contributed by atoms with Gasteiger partial charge in [-0.15, -0.1) is 0 Å². The van der Waals surface area contributed by atoms with Gasteiger partial charge in [0.2, 0.25) is 5.91 Å². The highest BCUT2D eigenvalue weighted by atomic mass is 16.5. The number of carbonyl (C=O) groups is 1. The molecule has 7 heteroatoms. The minimum Gasteiger partial charge on any atom is -0.493 e. The molecule has 2 aromatic rings. The van der Waals surface area contributed by atoms with E-state index in [9.17, 15) is 4.79 Å². The molecule has 2 aliphatic rings. The van der Waals surface area contributed by atoms with E-state index in [1.54, 1.807) is 0 Å². The van der Waals surface area contributed by atoms with Gasteiger partial charge < -0.3 is 28.7 Å². The maximum atomic E-state index is 13.5. The van der Waals surface area contributed by atoms with Crippen LogP contribution in [0.5, 0.6) is 23.0 Å². The summed E-state index contributed by atoms with van der Waals surface area (Å²) < 4.78 is 137. The van der Waals surface area contributed by atoms with Gasteiger partial charge >= 0.3 is 0 Å². The van der Waals surface area contributed by atoms with Crippen molar-refractivity contribution in [2.75, 3.05) is 61.4 Å². The van der Waals surface area contributed by atoms with Crippen LogP contribution in [0.15, 0.2) is 24.3 Å². The van der Waals surface area contributed by atoms with Crippen molar-refractivity contribution >= 4 is 5.91 Å². The fourth-order valence-electron chi connectivity index (χ4n) is 3.96. The lowest BCUT2D eigenvalue weighted by Crippen LogP contribution is -2.36. The number of rotatable bonds is 10. The Hall–Kier alpha value is -2.93. The predicted molar refractivity (Wildman–Crippen MR) is 132 cm³/mol. The summed E-state index contributed by atoms with van der Waals surface area (Å²) in [5.74, 6) is -2.05. The standard InChI is InChI=1S/C27H36N2O5/c1-28(17-21-11-20-14-25(33-4)26(34-5)16-22(20)21)8-6-9-29-10-7-18-12-23(31-2)24(32-3)13-19(18)15-27(29)30/h12-14,16,21H,6-11,15,17H2,1-5H3/i1D3,4D3,7D2,8D2,10D2,17D2. The first kappa shape index (κ1) is 12.2. The predicted octanol–water partition coefficient (Wildman–Crippen LogP) is 3.31. The summed E-state index contributed by atoms with van der Waals surface area (Å²) in [6.07, 6.45) is -4.36. The summed E-state index contributed by atoms with van der Waals surface area (Å²) in [5.41, 5.74) is 0.615. The number of benzene rings is 2. The molecule has 1 aliphatic heterocycles. The van der Waals surface area contributed by atoms with Gasteiger partial charge in [0.25, 0.3) is 0 Å². The highest BCUT2D eigenvalue weighted by Gasteiger charge is 2.29. The first-order chi connectivity index (χ1) is 21.8. The zero-order chi connectivity index (χ0) is 36.4. The molecule has 0 aromatic heterocycles. The molecule has 2 aromatic carbocycles. The van der Waals surface area contributed by atoms with Crippen molar-refractivity contribution in [3.8, 4) is 23.0 Å². The lowest BCUT2D eigenvalue weighted by Gasteiger charge is -2.34. The molecule has 1 amide bonds. The quantitative estimate of drug-likeness (QED) is 0.518. The second-order valence-electron chi connectivity index (χ2n) is 7.76. The molecule has 0 bridgehead atoms. The Morgan fingerprint density at radius 1 is 1.03 bits per heavy atom. The van der Waals surface area contributed by atoms with Crippen LogP contribution in [0, 0.1) is 0 Å². The van der Waals surface area contributed by atoms with Crippen molar-refractivity contribution in [1.29, 1.82) is 0 Å². The Morgan fingerprint density at radius 3 is 2.41 bits per heavy atom. The molecule has 4 rings (SSSR count). The number of nitrogens with zero attached hydrogens (tertiary/aromatic N) is 2. The monoisotopic (exact) mass is 482 g/mol. The topological polar surface area (TPSA) is 60.5 Å². The van der Waals surface area contributed by atoms with Gasteiger partial charge in [-0.3, -0.25) is 4.79 Å². The number of amides is 1. The Balaban J connectivity index is 1.66. The highest BCUT2D eigenvalue weighted by molar-refractivity contribution is 5.80. The molecule has 0 saturated heterocycles. The molecule has 0 radical (unpaired) electrons. The molecule has 34 heavy (non-hydrogen) atoms. The lowest BCUT2D eigenvalue weighted by molar-refractivity contribution is -0.130. The summed E-state index contributed by atoms with van der Waals surface area (Å²) in [6, 6.07) is 5.24. The van der Waals surface area contributed by atoms with E-state index in [1.807, 2.05) is 0 Å². The highest BCUT2D eigenvalue weighted by Crippen LogP contribution is 2.42. The lowest BCUT2D eigenvalue weighted by atomic mass is 9.77. The minimum absolute atomic E-state index is 0.0544. The number of likely N-dealkylation sites (N-methyl/N-ethyl adjacent to an activating group) is 1. The first-order valence-electron chi connectivity index (χ1n) is 17.6. The summed E-state index contributed by atoms with van der Waals surface area (Å²) in [7, 11) is 1.08. The summed E-state index contributed by atoms with van der Waals surface area (Å²) >= 11 is 0. The third-order valence-electron chi connectivity index (χ3n) is 5.80. The van der Waals surface area contributed by atoms with Crippen LogP contribution in [0.1, 0.15) is 53.8 Å². The molecule has 0 fully saturated rings. The number of fused-ring (bicyclic) bond motifs is 2. The van der Waals surface area contributed by atoms with Crippen LogP contribution in [-0.4, -0.2) is 77.1 Å². The van der Waals surface area contributed by atoms with Crippen LogP contribution in [0.2, 0.25) is 0 Å². The van der Waals surface area contributed by atoms with Gasteiger partial charge in [-0.05, 0) is 79.2 Å². The van der Waals surface area contributed by atoms with Gasteiger partial charge in [-0.1, -0.05) is 0 Å². The second kappa shape index (κ2) is 10.6. The largest absolute Gasteiger partial charge is 0.493 e. The fraction of sp³-hybridized carbons (Fsp3) is 0.519. The van der Waals surface area contributed by atoms with Gasteiger partial charge in [0, 0.05) is 40.5 Å². The molecule has 0 spiro atoms. The van der Waals surface area contributed by atoms with E-state index in [0.717, 1.165) is 0 Å². The average molecular weight is 483 g/mol. The maximum Gasteiger partial charge on any atom is 0.227 e. The third-order valence-corrected chi connectivity index (χ3v) is 5.80. The Labute approximate surface area is 222 Å². The second-order valence-corrected chi connectivity index (χ2v) is 7.76. The number of hydrogen-bond acceptors (Lipinski definition) is 6. The molecule has 1 atom stereocenters. The Bertz CT molecular complexity index is 1560. The number of ether oxygens (including phenoxy) is 4. The molecule has 1 aliphatic carbocycles. The van der Waals surface area contributed by atoms with Crippen LogP contribution < -0.4 is 18.9 Å². The van der Waals surface area contributed by atoms with Crippen LogP contribution in [0.25, 0.3) is 0 Å². The van der Waals surface area contributed by atoms with E-state index >= 15 is 0 Å². The number of methoxy groups -OCH3 is 4. The molecule has 184 valence electrons. The van der Waals surface area contributed by atoms with Gasteiger partial charge in [-0.25, -0.2) is 0 Å². The van der Waals surface area contributed by atoms with Gasteiger partial charge in [-0.2, -0.15) is 0 Å². The van der Waals surface area contributed by atoms with Crippen molar-refractivity contribution in [2.24, 2.45) is 0 Å². The van der Waals surface area contributed by atoms with Crippen LogP contribution in [-0.2, 0) is 24.0 Å². The van der Waals surface area contributed by atoms with Gasteiger partial charge in [0.05, 0.1) is 38.9 Å². The molecule has 0 saturated carbocycles. The van der Waals surface area contributed by atoms with Crippen LogP contribution in [0.3, 0.4) is 0 Å². The van der Waals surface area contributed by atoms with E-state index in [-0.39, 0.29) is 51.0 Å². The summed E-state index contributed by atoms with van der Waals surface area (Å²) in [5, 5.41) is 0. The number of carbonyl (C=O) groups excluding carboxylic acids is 1. The third kappa shape index (κ3) is 4.94. The van der Waals surface area contributed by atoms with Crippen molar-refractivity contribution in [3.05, 3.63) is 46.5 Å². The van der Waals surface area contributed by atoms with Crippen LogP contribution >= 0.6 is 0 Å². The molecular formula is C27H36N2O5. The molecular weight excluding hydrogens is 432 g/mol. The molecule has 1 unspecified atom stereocenters. The van der Waals surface area contributed by atoms with Gasteiger partial charge in [0.1, 0.15) is 0 Å². The number of aryl methyl sites for hydroxylation is 1. The average Bonchev–Trinajstić information content (AvgIpc) is 2.96. The SMILES string of the molecule is [2H]C([2H])([2H])Oc1cc2c(cc1OC)C(C([2H])([2H])N(C([2H])([2H])[2H])C([2H])([2H])CCN1C(=O)Cc3cc(OC)c(OC)cc3C([2H])([2H])C1([2H])[2H])C2. The maximum absolute atomic E-state index is 13.5. The normalized spacial score (nSPS) is 27.6. The summed E-state index contributed by atoms with van der Waals surface area (Å²) in [4.78, 5) is 14.0. The molecule has 7 nitrogen and oxygen atoms in total. The van der Waals surface area contributed by atoms with E-state index in [2.05, 4.69) is 0 Å². The number of hydrogen-bond donors (Lipinski definition) is 0. The molecule has 1 heterocycles. The minimum atomic E-state index is -3.38. The van der Waals surface area contributed by atoms with Crippen molar-refractivity contribution in [2.45, 2.75) is 31.6 Å². The smallest absolute Gasteiger partial charge is 0.227 e. The van der Waals surface area contributed by atoms with E-state index in [1.165, 1.54) is 45.6 Å². The summed E-state index contributed by atoms with van der Waals surface area (Å²) in [6.45, 7) is -13.2. The van der Waals surface area contributed by atoms with Crippen molar-refractivity contribution in [3.63, 3.8) is 0 Å². The van der Waals surface area contributed by atoms with Crippen molar-refractivity contribution in [1.82, 2.24) is 9.80 Å². The first-order valence-corrected chi connectivity index (χ1v) is 10.6. The van der Waals surface area contributed by atoms with Crippen LogP contribution in [0.4, 0.5) is 0 Å². The van der Waals surface area contributed by atoms with Crippen molar-refractivity contribution < 1.29 is 42.9 Å².